The Bertz CT molecular complexity index is 288. The number of carboxylic acids is 1. The van der Waals surface area contributed by atoms with Gasteiger partial charge in [-0.3, -0.25) is 9.69 Å². The molecule has 1 saturated heterocycles. The van der Waals surface area contributed by atoms with Crippen molar-refractivity contribution in [2.75, 3.05) is 13.1 Å². The predicted molar refractivity (Wildman–Crippen MR) is 68.0 cm³/mol. The zero-order valence-electron chi connectivity index (χ0n) is 11.1. The number of carbonyl (C=O) groups is 1. The first kappa shape index (κ1) is 12.9. The minimum Gasteiger partial charge on any atom is -0.481 e. The minimum atomic E-state index is -0.637. The number of rotatable bonds is 3. The lowest BCUT2D eigenvalue weighted by Gasteiger charge is -2.42. The number of likely N-dealkylation sites (tertiary alicyclic amines) is 1. The molecule has 0 bridgehead atoms. The number of hydrogen-bond acceptors (Lipinski definition) is 2. The van der Waals surface area contributed by atoms with Crippen molar-refractivity contribution in [1.29, 1.82) is 0 Å². The second-order valence-electron chi connectivity index (χ2n) is 6.50. The van der Waals surface area contributed by atoms with Crippen LogP contribution in [0.4, 0.5) is 0 Å². The molecule has 0 amide bonds. The third-order valence-electron chi connectivity index (χ3n) is 4.66. The first-order valence-electron chi connectivity index (χ1n) is 6.95. The fourth-order valence-corrected chi connectivity index (χ4v) is 3.78. The van der Waals surface area contributed by atoms with Gasteiger partial charge < -0.3 is 5.11 Å². The van der Waals surface area contributed by atoms with Crippen LogP contribution in [0.25, 0.3) is 0 Å². The summed E-state index contributed by atoms with van der Waals surface area (Å²) in [5, 5.41) is 8.90. The van der Waals surface area contributed by atoms with E-state index in [4.69, 9.17) is 5.11 Å². The maximum Gasteiger partial charge on any atom is 0.303 e. The van der Waals surface area contributed by atoms with Gasteiger partial charge in [-0.2, -0.15) is 0 Å². The summed E-state index contributed by atoms with van der Waals surface area (Å²) in [4.78, 5) is 13.4. The second kappa shape index (κ2) is 4.97. The lowest BCUT2D eigenvalue weighted by molar-refractivity contribution is -0.138. The molecule has 1 aliphatic heterocycles. The Morgan fingerprint density at radius 1 is 1.35 bits per heavy atom. The van der Waals surface area contributed by atoms with Gasteiger partial charge in [-0.1, -0.05) is 20.3 Å². The highest BCUT2D eigenvalue weighted by Gasteiger charge is 2.39. The van der Waals surface area contributed by atoms with Gasteiger partial charge in [0.05, 0.1) is 0 Å². The van der Waals surface area contributed by atoms with Crippen molar-refractivity contribution in [1.82, 2.24) is 4.90 Å². The molecule has 2 atom stereocenters. The van der Waals surface area contributed by atoms with Gasteiger partial charge in [0.2, 0.25) is 0 Å². The van der Waals surface area contributed by atoms with Crippen LogP contribution in [0.1, 0.15) is 52.4 Å². The van der Waals surface area contributed by atoms with Crippen LogP contribution in [0.5, 0.6) is 0 Å². The van der Waals surface area contributed by atoms with Crippen LogP contribution < -0.4 is 0 Å². The van der Waals surface area contributed by atoms with Crippen LogP contribution >= 0.6 is 0 Å². The Labute approximate surface area is 104 Å². The number of aliphatic carboxylic acids is 1. The van der Waals surface area contributed by atoms with Gasteiger partial charge in [0.1, 0.15) is 0 Å². The van der Waals surface area contributed by atoms with Gasteiger partial charge in [-0.25, -0.2) is 0 Å². The topological polar surface area (TPSA) is 40.5 Å². The van der Waals surface area contributed by atoms with E-state index < -0.39 is 5.97 Å². The van der Waals surface area contributed by atoms with E-state index in [0.29, 0.717) is 23.8 Å². The molecule has 3 nitrogen and oxygen atoms in total. The smallest absolute Gasteiger partial charge is 0.303 e. The molecule has 2 rings (SSSR count). The van der Waals surface area contributed by atoms with Crippen molar-refractivity contribution in [2.24, 2.45) is 11.3 Å². The average Bonchev–Trinajstić information content (AvgIpc) is 2.57. The Morgan fingerprint density at radius 2 is 2.12 bits per heavy atom. The molecule has 1 aliphatic carbocycles. The van der Waals surface area contributed by atoms with E-state index in [-0.39, 0.29) is 0 Å². The molecule has 2 unspecified atom stereocenters. The van der Waals surface area contributed by atoms with Crippen molar-refractivity contribution in [3.05, 3.63) is 0 Å². The van der Waals surface area contributed by atoms with Crippen molar-refractivity contribution in [2.45, 2.75) is 58.4 Å². The molecule has 0 aromatic rings. The Balaban J connectivity index is 1.95. The maximum atomic E-state index is 10.8. The molecule has 2 fully saturated rings. The van der Waals surface area contributed by atoms with Crippen LogP contribution in [0.3, 0.4) is 0 Å². The highest BCUT2D eigenvalue weighted by Crippen LogP contribution is 2.41. The van der Waals surface area contributed by atoms with Crippen LogP contribution in [0.15, 0.2) is 0 Å². The Hall–Kier alpha value is -0.570. The molecular formula is C14H25NO2. The SMILES string of the molecule is CC1(C)CCCC1N1CCCC(CC(=O)O)C1. The van der Waals surface area contributed by atoms with E-state index in [1.807, 2.05) is 0 Å². The Kier molecular flexibility index (Phi) is 3.76. The lowest BCUT2D eigenvalue weighted by atomic mass is 9.84. The standard InChI is InChI=1S/C14H25NO2/c1-14(2)7-3-6-12(14)15-8-4-5-11(10-15)9-13(16)17/h11-12H,3-10H2,1-2H3,(H,16,17). The molecule has 1 heterocycles. The molecule has 0 aromatic heterocycles. The van der Waals surface area contributed by atoms with Gasteiger partial charge in [0, 0.05) is 19.0 Å². The van der Waals surface area contributed by atoms with Crippen LogP contribution in [0.2, 0.25) is 0 Å². The van der Waals surface area contributed by atoms with E-state index >= 15 is 0 Å². The quantitative estimate of drug-likeness (QED) is 0.823. The molecule has 1 saturated carbocycles. The summed E-state index contributed by atoms with van der Waals surface area (Å²) in [7, 11) is 0. The lowest BCUT2D eigenvalue weighted by Crippen LogP contribution is -2.47. The van der Waals surface area contributed by atoms with E-state index in [0.717, 1.165) is 13.0 Å². The van der Waals surface area contributed by atoms with Gasteiger partial charge in [0.25, 0.3) is 0 Å². The van der Waals surface area contributed by atoms with Crippen LogP contribution in [0, 0.1) is 11.3 Å². The summed E-state index contributed by atoms with van der Waals surface area (Å²) < 4.78 is 0. The summed E-state index contributed by atoms with van der Waals surface area (Å²) >= 11 is 0. The minimum absolute atomic E-state index is 0.351. The highest BCUT2D eigenvalue weighted by molar-refractivity contribution is 5.67. The predicted octanol–water partition coefficient (Wildman–Crippen LogP) is 2.75. The van der Waals surface area contributed by atoms with Gasteiger partial charge in [-0.05, 0) is 43.6 Å². The molecule has 0 radical (unpaired) electrons. The molecule has 3 heteroatoms. The Morgan fingerprint density at radius 3 is 2.71 bits per heavy atom. The van der Waals surface area contributed by atoms with Crippen molar-refractivity contribution >= 4 is 5.97 Å². The van der Waals surface area contributed by atoms with Gasteiger partial charge in [0.15, 0.2) is 0 Å². The first-order chi connectivity index (χ1) is 7.99. The fraction of sp³-hybridized carbons (Fsp3) is 0.929. The monoisotopic (exact) mass is 239 g/mol. The van der Waals surface area contributed by atoms with Crippen molar-refractivity contribution < 1.29 is 9.90 Å². The summed E-state index contributed by atoms with van der Waals surface area (Å²) in [6.07, 6.45) is 6.56. The van der Waals surface area contributed by atoms with E-state index in [2.05, 4.69) is 18.7 Å². The number of piperidine rings is 1. The zero-order chi connectivity index (χ0) is 12.5. The summed E-state index contributed by atoms with van der Waals surface area (Å²) in [6, 6.07) is 0.680. The first-order valence-corrected chi connectivity index (χ1v) is 6.95. The third-order valence-corrected chi connectivity index (χ3v) is 4.66. The zero-order valence-corrected chi connectivity index (χ0v) is 11.1. The molecule has 0 aromatic carbocycles. The van der Waals surface area contributed by atoms with Crippen molar-refractivity contribution in [3.63, 3.8) is 0 Å². The molecule has 98 valence electrons. The molecule has 2 aliphatic rings. The molecule has 17 heavy (non-hydrogen) atoms. The normalized spacial score (nSPS) is 33.8. The van der Waals surface area contributed by atoms with E-state index in [9.17, 15) is 4.79 Å². The van der Waals surface area contributed by atoms with Crippen LogP contribution in [-0.2, 0) is 4.79 Å². The number of carboxylic acid groups (broad SMARTS) is 1. The molecule has 0 spiro atoms. The maximum absolute atomic E-state index is 10.8. The highest BCUT2D eigenvalue weighted by atomic mass is 16.4. The van der Waals surface area contributed by atoms with E-state index in [1.54, 1.807) is 0 Å². The van der Waals surface area contributed by atoms with Gasteiger partial charge in [-0.15, -0.1) is 0 Å². The second-order valence-corrected chi connectivity index (χ2v) is 6.50. The largest absolute Gasteiger partial charge is 0.481 e. The fourth-order valence-electron chi connectivity index (χ4n) is 3.78. The summed E-state index contributed by atoms with van der Waals surface area (Å²) in [5.74, 6) is -0.264. The summed E-state index contributed by atoms with van der Waals surface area (Å²) in [5.41, 5.74) is 0.422. The van der Waals surface area contributed by atoms with E-state index in [1.165, 1.54) is 32.2 Å². The van der Waals surface area contributed by atoms with Crippen LogP contribution in [-0.4, -0.2) is 35.1 Å². The van der Waals surface area contributed by atoms with Gasteiger partial charge >= 0.3 is 5.97 Å². The number of nitrogens with zero attached hydrogens (tertiary/aromatic N) is 1. The summed E-state index contributed by atoms with van der Waals surface area (Å²) in [6.45, 7) is 6.90. The third kappa shape index (κ3) is 3.01. The van der Waals surface area contributed by atoms with Crippen molar-refractivity contribution in [3.8, 4) is 0 Å². The molecular weight excluding hydrogens is 214 g/mol. The average molecular weight is 239 g/mol. The number of hydrogen-bond donors (Lipinski definition) is 1. The molecule has 1 N–H and O–H groups in total.